The highest BCUT2D eigenvalue weighted by molar-refractivity contribution is 7.99. The second-order valence-electron chi connectivity index (χ2n) is 10.2. The number of anilines is 2. The van der Waals surface area contributed by atoms with Gasteiger partial charge in [-0.05, 0) is 86.8 Å². The van der Waals surface area contributed by atoms with Crippen LogP contribution in [0.5, 0.6) is 0 Å². The van der Waals surface area contributed by atoms with Crippen LogP contribution in [0.25, 0.3) is 0 Å². The molecular weight excluding hydrogens is 517 g/mol. The van der Waals surface area contributed by atoms with Gasteiger partial charge in [-0.25, -0.2) is 19.3 Å². The summed E-state index contributed by atoms with van der Waals surface area (Å²) < 4.78 is 13.6. The fraction of sp³-hybridized carbons (Fsp3) is 0.464. The van der Waals surface area contributed by atoms with Gasteiger partial charge in [-0.1, -0.05) is 31.4 Å². The molecule has 1 saturated carbocycles. The van der Waals surface area contributed by atoms with Crippen molar-refractivity contribution in [1.29, 1.82) is 0 Å². The van der Waals surface area contributed by atoms with E-state index in [4.69, 9.17) is 22.2 Å². The summed E-state index contributed by atoms with van der Waals surface area (Å²) in [5, 5.41) is 8.55. The molecule has 10 heteroatoms. The molecule has 0 spiro atoms. The van der Waals surface area contributed by atoms with Gasteiger partial charge >= 0.3 is 0 Å². The molecule has 38 heavy (non-hydrogen) atoms. The largest absolute Gasteiger partial charge is 0.361 e. The van der Waals surface area contributed by atoms with Crippen LogP contribution in [0.2, 0.25) is 0 Å². The first-order valence-electron chi connectivity index (χ1n) is 13.4. The Balaban J connectivity index is 1.33. The Hall–Kier alpha value is -2.85. The predicted octanol–water partition coefficient (Wildman–Crippen LogP) is 6.12. The summed E-state index contributed by atoms with van der Waals surface area (Å²) in [5.74, 6) is 1.13. The van der Waals surface area contributed by atoms with Gasteiger partial charge in [-0.15, -0.1) is 0 Å². The van der Waals surface area contributed by atoms with Gasteiger partial charge in [-0.3, -0.25) is 0 Å². The quantitative estimate of drug-likeness (QED) is 0.205. The van der Waals surface area contributed by atoms with E-state index in [0.717, 1.165) is 61.5 Å². The normalized spacial score (nSPS) is 19.1. The average Bonchev–Trinajstić information content (AvgIpc) is 2.93. The van der Waals surface area contributed by atoms with Gasteiger partial charge in [0.1, 0.15) is 16.7 Å². The molecule has 2 aromatic heterocycles. The van der Waals surface area contributed by atoms with Crippen molar-refractivity contribution in [3.63, 3.8) is 0 Å². The van der Waals surface area contributed by atoms with Crippen LogP contribution < -0.4 is 15.5 Å². The summed E-state index contributed by atoms with van der Waals surface area (Å²) >= 11 is 7.12. The zero-order valence-electron chi connectivity index (χ0n) is 21.7. The van der Waals surface area contributed by atoms with Crippen LogP contribution in [-0.4, -0.2) is 44.2 Å². The van der Waals surface area contributed by atoms with E-state index in [-0.39, 0.29) is 11.2 Å². The molecular formula is C28H34FN7S2. The van der Waals surface area contributed by atoms with Crippen LogP contribution in [0.3, 0.4) is 0 Å². The van der Waals surface area contributed by atoms with Crippen molar-refractivity contribution in [2.24, 2.45) is 0 Å². The van der Waals surface area contributed by atoms with Crippen LogP contribution in [0.15, 0.2) is 59.0 Å². The molecule has 0 amide bonds. The summed E-state index contributed by atoms with van der Waals surface area (Å²) in [7, 11) is 0. The van der Waals surface area contributed by atoms with E-state index in [0.29, 0.717) is 28.8 Å². The maximum atomic E-state index is 13.6. The zero-order valence-corrected chi connectivity index (χ0v) is 23.3. The monoisotopic (exact) mass is 551 g/mol. The summed E-state index contributed by atoms with van der Waals surface area (Å²) in [6.07, 6.45) is 12.6. The number of hydrogen-bond acceptors (Lipinski definition) is 7. The Labute approximate surface area is 233 Å². The molecule has 1 aliphatic carbocycles. The van der Waals surface area contributed by atoms with Crippen LogP contribution in [-0.2, 0) is 5.41 Å². The summed E-state index contributed by atoms with van der Waals surface area (Å²) in [4.78, 5) is 20.6. The third-order valence-corrected chi connectivity index (χ3v) is 8.66. The second-order valence-corrected chi connectivity index (χ2v) is 11.6. The number of piperidine rings is 1. The molecule has 3 aromatic rings. The van der Waals surface area contributed by atoms with Gasteiger partial charge in [0.25, 0.3) is 0 Å². The number of nitrogens with zero attached hydrogens (tertiary/aromatic N) is 5. The molecule has 2 fully saturated rings. The van der Waals surface area contributed by atoms with E-state index in [1.807, 2.05) is 18.2 Å². The van der Waals surface area contributed by atoms with E-state index >= 15 is 0 Å². The Morgan fingerprint density at radius 2 is 1.84 bits per heavy atom. The summed E-state index contributed by atoms with van der Waals surface area (Å²) in [6.45, 7) is 3.88. The van der Waals surface area contributed by atoms with Gasteiger partial charge < -0.3 is 15.5 Å². The van der Waals surface area contributed by atoms with Crippen LogP contribution >= 0.6 is 24.0 Å². The number of nitrogens with one attached hydrogen (secondary N) is 2. The minimum Gasteiger partial charge on any atom is -0.361 e. The molecule has 1 aliphatic heterocycles. The van der Waals surface area contributed by atoms with Crippen molar-refractivity contribution in [2.45, 2.75) is 79.9 Å². The average molecular weight is 552 g/mol. The van der Waals surface area contributed by atoms with Crippen LogP contribution in [0.1, 0.15) is 63.9 Å². The maximum absolute atomic E-state index is 13.6. The molecule has 0 radical (unpaired) electrons. The molecule has 2 aliphatic rings. The lowest BCUT2D eigenvalue weighted by Crippen LogP contribution is -2.43. The fourth-order valence-corrected chi connectivity index (χ4v) is 6.41. The van der Waals surface area contributed by atoms with Crippen molar-refractivity contribution in [2.75, 3.05) is 23.3 Å². The van der Waals surface area contributed by atoms with E-state index in [2.05, 4.69) is 32.4 Å². The zero-order chi connectivity index (χ0) is 26.4. The standard InChI is InChI=1S/C28H34FN7S2/c1-20-8-3-6-17-36(20)23-18-24(38-27-30-15-7-16-31-27)34-25(33-23)35-26(37)32-19-28(13-4-2-5-14-28)21-9-11-22(29)12-10-21/h7,9-12,15-16,18,20H,2-6,8,13-14,17,19H2,1H3,(H2,32,33,34,35,37)/t20-/m1/s1. The van der Waals surface area contributed by atoms with E-state index in [1.54, 1.807) is 30.6 Å². The highest BCUT2D eigenvalue weighted by atomic mass is 32.2. The molecule has 3 heterocycles. The molecule has 2 N–H and O–H groups in total. The fourth-order valence-electron chi connectivity index (χ4n) is 5.53. The van der Waals surface area contributed by atoms with E-state index < -0.39 is 0 Å². The van der Waals surface area contributed by atoms with Gasteiger partial charge in [0.2, 0.25) is 5.95 Å². The first kappa shape index (κ1) is 26.7. The molecule has 7 nitrogen and oxygen atoms in total. The van der Waals surface area contributed by atoms with Gasteiger partial charge in [-0.2, -0.15) is 4.98 Å². The highest BCUT2D eigenvalue weighted by Crippen LogP contribution is 2.39. The minimum absolute atomic E-state index is 0.0741. The smallest absolute Gasteiger partial charge is 0.232 e. The van der Waals surface area contributed by atoms with E-state index in [1.165, 1.54) is 24.6 Å². The first-order valence-corrected chi connectivity index (χ1v) is 14.6. The topological polar surface area (TPSA) is 78.9 Å². The lowest BCUT2D eigenvalue weighted by Gasteiger charge is -2.38. The minimum atomic E-state index is -0.209. The molecule has 1 saturated heterocycles. The predicted molar refractivity (Wildman–Crippen MR) is 154 cm³/mol. The van der Waals surface area contributed by atoms with Gasteiger partial charge in [0, 0.05) is 43.0 Å². The lowest BCUT2D eigenvalue weighted by atomic mass is 9.69. The molecule has 0 bridgehead atoms. The number of benzene rings is 1. The van der Waals surface area contributed by atoms with Crippen molar-refractivity contribution < 1.29 is 4.39 Å². The molecule has 1 aromatic carbocycles. The van der Waals surface area contributed by atoms with Crippen LogP contribution in [0, 0.1) is 5.82 Å². The molecule has 1 atom stereocenters. The van der Waals surface area contributed by atoms with Gasteiger partial charge in [0.15, 0.2) is 10.3 Å². The summed E-state index contributed by atoms with van der Waals surface area (Å²) in [5.41, 5.74) is 1.09. The van der Waals surface area contributed by atoms with E-state index in [9.17, 15) is 4.39 Å². The Morgan fingerprint density at radius 1 is 1.08 bits per heavy atom. The number of halogens is 1. The third-order valence-electron chi connectivity index (χ3n) is 7.60. The molecule has 200 valence electrons. The Bertz CT molecular complexity index is 1220. The third kappa shape index (κ3) is 6.58. The van der Waals surface area contributed by atoms with Gasteiger partial charge in [0.05, 0.1) is 0 Å². The second kappa shape index (κ2) is 12.3. The summed E-state index contributed by atoms with van der Waals surface area (Å²) in [6, 6.07) is 11.2. The maximum Gasteiger partial charge on any atom is 0.232 e. The van der Waals surface area contributed by atoms with Crippen molar-refractivity contribution >= 4 is 40.9 Å². The number of hydrogen-bond donors (Lipinski definition) is 2. The Morgan fingerprint density at radius 3 is 2.58 bits per heavy atom. The lowest BCUT2D eigenvalue weighted by molar-refractivity contribution is 0.292. The highest BCUT2D eigenvalue weighted by Gasteiger charge is 2.34. The van der Waals surface area contributed by atoms with Crippen LogP contribution in [0.4, 0.5) is 16.2 Å². The number of rotatable bonds is 7. The SMILES string of the molecule is C[C@@H]1CCCCN1c1cc(Sc2ncccn2)nc(NC(=S)NCC2(c3ccc(F)cc3)CCCCC2)n1. The number of aromatic nitrogens is 4. The first-order chi connectivity index (χ1) is 18.5. The van der Waals surface area contributed by atoms with Crippen molar-refractivity contribution in [3.8, 4) is 0 Å². The van der Waals surface area contributed by atoms with Crippen molar-refractivity contribution in [1.82, 2.24) is 25.3 Å². The molecule has 0 unspecified atom stereocenters. The Kier molecular flexibility index (Phi) is 8.68. The molecule has 5 rings (SSSR count). The number of thiocarbonyl (C=S) groups is 1. The van der Waals surface area contributed by atoms with Crippen molar-refractivity contribution in [3.05, 3.63) is 60.2 Å².